The molecule has 0 fully saturated rings. The molecule has 0 radical (unpaired) electrons. The van der Waals surface area contributed by atoms with Gasteiger partial charge in [0, 0.05) is 17.8 Å². The molecule has 4 aromatic rings. The lowest BCUT2D eigenvalue weighted by Gasteiger charge is -2.44. The van der Waals surface area contributed by atoms with Gasteiger partial charge in [-0.2, -0.15) is 0 Å². The smallest absolute Gasteiger partial charge is 0.0892 e. The molecule has 0 saturated heterocycles. The monoisotopic (exact) mass is 612 g/mol. The Labute approximate surface area is 263 Å². The fourth-order valence-corrected chi connectivity index (χ4v) is 6.11. The van der Waals surface area contributed by atoms with Gasteiger partial charge in [0.05, 0.1) is 24.2 Å². The van der Waals surface area contributed by atoms with Gasteiger partial charge in [-0.1, -0.05) is 124 Å². The highest BCUT2D eigenvalue weighted by Crippen LogP contribution is 2.45. The van der Waals surface area contributed by atoms with Gasteiger partial charge in [-0.25, -0.2) is 0 Å². The zero-order valence-corrected chi connectivity index (χ0v) is 27.8. The lowest BCUT2D eigenvalue weighted by Crippen LogP contribution is -2.37. The highest BCUT2D eigenvalue weighted by atomic mass is 31.2. The van der Waals surface area contributed by atoms with Crippen molar-refractivity contribution in [1.82, 2.24) is 0 Å². The third kappa shape index (κ3) is 7.77. The molecular formula is C38H45O5P-2. The van der Waals surface area contributed by atoms with Gasteiger partial charge in [0.2, 0.25) is 0 Å². The molecule has 0 aromatic heterocycles. The van der Waals surface area contributed by atoms with Crippen LogP contribution in [-0.2, 0) is 19.6 Å². The van der Waals surface area contributed by atoms with E-state index in [4.69, 9.17) is 9.47 Å². The SMILES string of the molecule is CC(c1ccccc1)c1cc(C(C)c2ccccc2)c(C(C)(C)OCCOC(C)(C)P(=O)([O-])[O-])c(C(C)c2ccccc2)c1. The Morgan fingerprint density at radius 3 is 1.34 bits per heavy atom. The van der Waals surface area contributed by atoms with E-state index in [0.29, 0.717) is 0 Å². The molecule has 5 nitrogen and oxygen atoms in total. The molecule has 0 N–H and O–H groups in total. The van der Waals surface area contributed by atoms with E-state index in [2.05, 4.69) is 120 Å². The predicted octanol–water partition coefficient (Wildman–Crippen LogP) is 8.06. The summed E-state index contributed by atoms with van der Waals surface area (Å²) in [5.41, 5.74) is 7.61. The molecule has 4 aromatic carbocycles. The van der Waals surface area contributed by atoms with Gasteiger partial charge in [0.25, 0.3) is 0 Å². The van der Waals surface area contributed by atoms with Gasteiger partial charge in [0.15, 0.2) is 0 Å². The summed E-state index contributed by atoms with van der Waals surface area (Å²) in [5.74, 6) is 0.310. The Kier molecular flexibility index (Phi) is 10.7. The Balaban J connectivity index is 1.86. The quantitative estimate of drug-likeness (QED) is 0.113. The number of rotatable bonds is 13. The fraction of sp³-hybridized carbons (Fsp3) is 0.368. The largest absolute Gasteiger partial charge is 0.809 e. The van der Waals surface area contributed by atoms with Crippen molar-refractivity contribution < 1.29 is 23.8 Å². The summed E-state index contributed by atoms with van der Waals surface area (Å²) in [4.78, 5) is 23.3. The standard InChI is InChI=1S/C38H47O5P/c1-27(30-17-11-8-12-18-30)33-25-34(28(2)31-19-13-9-14-20-31)36(35(26-33)29(3)32-21-15-10-16-22-32)37(4,5)42-23-24-43-38(6,7)44(39,40)41/h8-22,25-29H,23-24H2,1-7H3,(H2,39,40,41)/p-2. The zero-order chi connectivity index (χ0) is 32.1. The van der Waals surface area contributed by atoms with Crippen LogP contribution in [0.4, 0.5) is 0 Å². The van der Waals surface area contributed by atoms with Crippen molar-refractivity contribution in [3.05, 3.63) is 142 Å². The summed E-state index contributed by atoms with van der Waals surface area (Å²) in [7, 11) is -4.94. The van der Waals surface area contributed by atoms with E-state index in [1.54, 1.807) is 0 Å². The van der Waals surface area contributed by atoms with E-state index in [1.807, 2.05) is 18.2 Å². The van der Waals surface area contributed by atoms with Crippen molar-refractivity contribution in [1.29, 1.82) is 0 Å². The molecule has 0 saturated carbocycles. The number of hydrogen-bond acceptors (Lipinski definition) is 5. The predicted molar refractivity (Wildman–Crippen MR) is 175 cm³/mol. The van der Waals surface area contributed by atoms with E-state index >= 15 is 0 Å². The van der Waals surface area contributed by atoms with Crippen LogP contribution in [0.2, 0.25) is 0 Å². The van der Waals surface area contributed by atoms with Crippen molar-refractivity contribution >= 4 is 7.60 Å². The molecular weight excluding hydrogens is 567 g/mol. The van der Waals surface area contributed by atoms with Gasteiger partial charge < -0.3 is 23.8 Å². The van der Waals surface area contributed by atoms with Crippen molar-refractivity contribution in [2.45, 2.75) is 77.2 Å². The summed E-state index contributed by atoms with van der Waals surface area (Å²) in [5, 5.41) is -1.81. The first-order valence-corrected chi connectivity index (χ1v) is 16.9. The van der Waals surface area contributed by atoms with Gasteiger partial charge in [-0.3, -0.25) is 0 Å². The Morgan fingerprint density at radius 1 is 0.591 bits per heavy atom. The highest BCUT2D eigenvalue weighted by Gasteiger charge is 2.33. The maximum Gasteiger partial charge on any atom is 0.0892 e. The second-order valence-electron chi connectivity index (χ2n) is 12.6. The molecule has 0 aliphatic carbocycles. The summed E-state index contributed by atoms with van der Waals surface area (Å²) < 4.78 is 23.7. The molecule has 0 aliphatic heterocycles. The van der Waals surface area contributed by atoms with Gasteiger partial charge in [0.1, 0.15) is 0 Å². The van der Waals surface area contributed by atoms with E-state index in [0.717, 1.165) is 5.56 Å². The average molecular weight is 613 g/mol. The van der Waals surface area contributed by atoms with Gasteiger partial charge in [-0.15, -0.1) is 0 Å². The maximum atomic E-state index is 11.7. The van der Waals surface area contributed by atoms with Crippen LogP contribution >= 0.6 is 7.60 Å². The second-order valence-corrected chi connectivity index (χ2v) is 14.7. The number of benzene rings is 4. The zero-order valence-electron chi connectivity index (χ0n) is 26.9. The van der Waals surface area contributed by atoms with Crippen molar-refractivity contribution in [2.24, 2.45) is 0 Å². The Bertz CT molecular complexity index is 1480. The molecule has 0 spiro atoms. The number of ether oxygens (including phenoxy) is 2. The molecule has 0 aliphatic rings. The molecule has 3 atom stereocenters. The fourth-order valence-electron chi connectivity index (χ4n) is 5.86. The van der Waals surface area contributed by atoms with Crippen LogP contribution in [0.1, 0.15) is 105 Å². The van der Waals surface area contributed by atoms with Gasteiger partial charge >= 0.3 is 0 Å². The summed E-state index contributed by atoms with van der Waals surface area (Å²) in [6.45, 7) is 13.5. The minimum atomic E-state index is -4.94. The Hall–Kier alpha value is -3.05. The minimum Gasteiger partial charge on any atom is -0.809 e. The topological polar surface area (TPSA) is 81.7 Å². The van der Waals surface area contributed by atoms with E-state index < -0.39 is 18.5 Å². The van der Waals surface area contributed by atoms with Crippen LogP contribution in [0.15, 0.2) is 103 Å². The van der Waals surface area contributed by atoms with Crippen LogP contribution in [0.25, 0.3) is 0 Å². The van der Waals surface area contributed by atoms with Crippen molar-refractivity contribution in [3.63, 3.8) is 0 Å². The average Bonchev–Trinajstić information content (AvgIpc) is 3.02. The van der Waals surface area contributed by atoms with E-state index in [-0.39, 0.29) is 31.0 Å². The van der Waals surface area contributed by atoms with E-state index in [9.17, 15) is 14.4 Å². The lowest BCUT2D eigenvalue weighted by atomic mass is 9.74. The Morgan fingerprint density at radius 2 is 0.955 bits per heavy atom. The minimum absolute atomic E-state index is 0.0266. The summed E-state index contributed by atoms with van der Waals surface area (Å²) in [6, 6.07) is 36.2. The van der Waals surface area contributed by atoms with Crippen LogP contribution in [0.3, 0.4) is 0 Å². The third-order valence-electron chi connectivity index (χ3n) is 8.82. The van der Waals surface area contributed by atoms with Crippen LogP contribution in [-0.4, -0.2) is 18.6 Å². The highest BCUT2D eigenvalue weighted by molar-refractivity contribution is 7.50. The summed E-state index contributed by atoms with van der Waals surface area (Å²) >= 11 is 0. The normalized spacial score (nSPS) is 14.7. The molecule has 6 heteroatoms. The van der Waals surface area contributed by atoms with Crippen LogP contribution in [0, 0.1) is 0 Å². The third-order valence-corrected chi connectivity index (χ3v) is 10.3. The first-order valence-electron chi connectivity index (χ1n) is 15.4. The van der Waals surface area contributed by atoms with Crippen LogP contribution < -0.4 is 9.79 Å². The molecule has 0 amide bonds. The van der Waals surface area contributed by atoms with Crippen molar-refractivity contribution in [2.75, 3.05) is 13.2 Å². The maximum absolute atomic E-state index is 11.7. The summed E-state index contributed by atoms with van der Waals surface area (Å²) in [6.07, 6.45) is 0. The molecule has 3 unspecified atom stereocenters. The molecule has 234 valence electrons. The lowest BCUT2D eigenvalue weighted by molar-refractivity contribution is -0.330. The molecule has 0 bridgehead atoms. The number of hydrogen-bond donors (Lipinski definition) is 0. The van der Waals surface area contributed by atoms with E-state index in [1.165, 1.54) is 47.2 Å². The molecule has 4 rings (SSSR count). The van der Waals surface area contributed by atoms with Gasteiger partial charge in [-0.05, 0) is 74.2 Å². The first kappa shape index (κ1) is 33.8. The second kappa shape index (κ2) is 13.9. The molecule has 0 heterocycles. The van der Waals surface area contributed by atoms with Crippen LogP contribution in [0.5, 0.6) is 0 Å². The van der Waals surface area contributed by atoms with Crippen molar-refractivity contribution in [3.8, 4) is 0 Å². The molecule has 44 heavy (non-hydrogen) atoms. The first-order chi connectivity index (χ1) is 20.7.